The first-order valence-electron chi connectivity index (χ1n) is 7.39. The number of hydrogen-bond donors (Lipinski definition) is 0. The lowest BCUT2D eigenvalue weighted by Gasteiger charge is -2.39. The van der Waals surface area contributed by atoms with E-state index >= 15 is 0 Å². The third-order valence-corrected chi connectivity index (χ3v) is 7.68. The third kappa shape index (κ3) is 6.02. The van der Waals surface area contributed by atoms with Crippen LogP contribution in [0, 0.1) is 0 Å². The Morgan fingerprint density at radius 3 is 1.88 bits per heavy atom. The Hall–Kier alpha value is -1.02. The smallest absolute Gasteiger partial charge is 0.102 e. The molecule has 2 rings (SSSR count). The van der Waals surface area contributed by atoms with E-state index in [4.69, 9.17) is 0 Å². The first-order chi connectivity index (χ1) is 11.6. The Balaban J connectivity index is 2.00. The van der Waals surface area contributed by atoms with Crippen molar-refractivity contribution in [2.75, 3.05) is 0 Å². The highest BCUT2D eigenvalue weighted by molar-refractivity contribution is 9.10. The van der Waals surface area contributed by atoms with E-state index in [1.54, 1.807) is 0 Å². The molecule has 0 amide bonds. The van der Waals surface area contributed by atoms with Gasteiger partial charge in [-0.05, 0) is 48.1 Å². The van der Waals surface area contributed by atoms with Gasteiger partial charge < -0.3 is 18.9 Å². The predicted molar refractivity (Wildman–Crippen MR) is 93.6 cm³/mol. The van der Waals surface area contributed by atoms with Crippen molar-refractivity contribution in [3.8, 4) is 11.1 Å². The second kappa shape index (κ2) is 8.12. The monoisotopic (exact) mass is 445 g/mol. The molecule has 0 heterocycles. The number of halogens is 1. The molecular formula is C16H15BrO6PS-3. The molecule has 0 aromatic heterocycles. The Kier molecular flexibility index (Phi) is 6.59. The minimum Gasteiger partial charge on any atom is -0.810 e. The van der Waals surface area contributed by atoms with Gasteiger partial charge in [-0.2, -0.15) is 0 Å². The van der Waals surface area contributed by atoms with E-state index in [2.05, 4.69) is 15.9 Å². The Morgan fingerprint density at radius 1 is 0.960 bits per heavy atom. The van der Waals surface area contributed by atoms with Crippen LogP contribution < -0.4 is 9.79 Å². The molecule has 0 radical (unpaired) electrons. The molecule has 1 atom stereocenters. The molecule has 0 aliphatic carbocycles. The standard InChI is InChI=1S/C16H18BrO6PS/c17-15-10-8-14(9-11-15)13-6-4-12(5-7-13)2-1-3-16(24(18,19)20)25(21,22)23/h4-11,16H,1-3H2,(H2,18,19,20)(H,21,22,23)/p-3. The largest absolute Gasteiger partial charge is 0.810 e. The summed E-state index contributed by atoms with van der Waals surface area (Å²) in [5.74, 6) is 0. The van der Waals surface area contributed by atoms with Crippen molar-refractivity contribution < 1.29 is 27.3 Å². The van der Waals surface area contributed by atoms with Crippen LogP contribution in [0.4, 0.5) is 0 Å². The summed E-state index contributed by atoms with van der Waals surface area (Å²) < 4.78 is 44.7. The minimum atomic E-state index is -5.47. The SMILES string of the molecule is O=P([O-])([O-])C(CCCc1ccc(-c2ccc(Br)cc2)cc1)S(=O)(=O)[O-]. The average molecular weight is 446 g/mol. The molecule has 9 heteroatoms. The molecule has 2 aromatic carbocycles. The van der Waals surface area contributed by atoms with Gasteiger partial charge >= 0.3 is 0 Å². The lowest BCUT2D eigenvalue weighted by atomic mass is 10.0. The molecule has 0 N–H and O–H groups in total. The highest BCUT2D eigenvalue weighted by atomic mass is 79.9. The molecule has 0 aliphatic rings. The Labute approximate surface area is 154 Å². The molecule has 0 bridgehead atoms. The summed E-state index contributed by atoms with van der Waals surface area (Å²) in [6.07, 6.45) is -0.0184. The summed E-state index contributed by atoms with van der Waals surface area (Å²) in [6, 6.07) is 15.2. The van der Waals surface area contributed by atoms with Gasteiger partial charge in [0.2, 0.25) is 0 Å². The predicted octanol–water partition coefficient (Wildman–Crippen LogP) is 2.22. The Morgan fingerprint density at radius 2 is 1.44 bits per heavy atom. The summed E-state index contributed by atoms with van der Waals surface area (Å²) in [6.45, 7) is 0. The Bertz CT molecular complexity index is 859. The maximum absolute atomic E-state index is 10.9. The van der Waals surface area contributed by atoms with Crippen molar-refractivity contribution in [2.24, 2.45) is 0 Å². The molecule has 0 saturated heterocycles. The van der Waals surface area contributed by atoms with E-state index in [1.807, 2.05) is 48.5 Å². The van der Waals surface area contributed by atoms with Crippen LogP contribution in [0.15, 0.2) is 53.0 Å². The van der Waals surface area contributed by atoms with Gasteiger partial charge in [0.15, 0.2) is 0 Å². The van der Waals surface area contributed by atoms with Crippen LogP contribution >= 0.6 is 23.5 Å². The molecule has 136 valence electrons. The molecule has 25 heavy (non-hydrogen) atoms. The van der Waals surface area contributed by atoms with Gasteiger partial charge in [-0.3, -0.25) is 0 Å². The van der Waals surface area contributed by atoms with Crippen LogP contribution in [-0.4, -0.2) is 18.0 Å². The van der Waals surface area contributed by atoms with E-state index in [9.17, 15) is 27.3 Å². The van der Waals surface area contributed by atoms with Crippen molar-refractivity contribution in [1.29, 1.82) is 0 Å². The molecule has 0 aliphatic heterocycles. The van der Waals surface area contributed by atoms with Crippen molar-refractivity contribution in [3.63, 3.8) is 0 Å². The first kappa shape index (κ1) is 20.3. The summed E-state index contributed by atoms with van der Waals surface area (Å²) in [5, 5.41) is 0. The van der Waals surface area contributed by atoms with Crippen LogP contribution in [0.3, 0.4) is 0 Å². The molecule has 0 spiro atoms. The molecule has 1 unspecified atom stereocenters. The summed E-state index contributed by atoms with van der Waals surface area (Å²) in [5.41, 5.74) is 2.89. The van der Waals surface area contributed by atoms with Crippen LogP contribution in [0.5, 0.6) is 0 Å². The fourth-order valence-electron chi connectivity index (χ4n) is 2.45. The van der Waals surface area contributed by atoms with Gasteiger partial charge in [0.05, 0.1) is 4.99 Å². The number of hydrogen-bond acceptors (Lipinski definition) is 6. The molecule has 0 saturated carbocycles. The maximum Gasteiger partial charge on any atom is 0.102 e. The van der Waals surface area contributed by atoms with Gasteiger partial charge in [-0.1, -0.05) is 59.9 Å². The van der Waals surface area contributed by atoms with E-state index < -0.39 is 29.1 Å². The molecule has 6 nitrogen and oxygen atoms in total. The van der Waals surface area contributed by atoms with Crippen molar-refractivity contribution in [3.05, 3.63) is 58.6 Å². The lowest BCUT2D eigenvalue weighted by Crippen LogP contribution is -2.32. The fourth-order valence-corrected chi connectivity index (χ4v) is 4.93. The zero-order valence-electron chi connectivity index (χ0n) is 13.0. The topological polar surface area (TPSA) is 120 Å². The van der Waals surface area contributed by atoms with Crippen LogP contribution in [0.1, 0.15) is 18.4 Å². The van der Waals surface area contributed by atoms with Gasteiger partial charge in [0.25, 0.3) is 0 Å². The van der Waals surface area contributed by atoms with E-state index in [-0.39, 0.29) is 6.42 Å². The van der Waals surface area contributed by atoms with Crippen LogP contribution in [-0.2, 0) is 21.1 Å². The molecule has 0 fully saturated rings. The number of aryl methyl sites for hydroxylation is 1. The molecule has 2 aromatic rings. The minimum absolute atomic E-state index is 0.109. The van der Waals surface area contributed by atoms with Crippen molar-refractivity contribution in [1.82, 2.24) is 0 Å². The van der Waals surface area contributed by atoms with Crippen molar-refractivity contribution in [2.45, 2.75) is 24.3 Å². The summed E-state index contributed by atoms with van der Waals surface area (Å²) >= 11 is 3.37. The fraction of sp³-hybridized carbons (Fsp3) is 0.250. The quantitative estimate of drug-likeness (QED) is 0.475. The summed E-state index contributed by atoms with van der Waals surface area (Å²) in [4.78, 5) is 19.5. The zero-order chi connectivity index (χ0) is 18.7. The first-order valence-corrected chi connectivity index (χ1v) is 11.3. The van der Waals surface area contributed by atoms with Gasteiger partial charge in [0.1, 0.15) is 10.1 Å². The van der Waals surface area contributed by atoms with Gasteiger partial charge in [0, 0.05) is 4.47 Å². The summed E-state index contributed by atoms with van der Waals surface area (Å²) in [7, 11) is -10.6. The number of rotatable bonds is 7. The second-order valence-corrected chi connectivity index (χ2v) is 10.1. The van der Waals surface area contributed by atoms with Crippen LogP contribution in [0.2, 0.25) is 0 Å². The second-order valence-electron chi connectivity index (χ2n) is 5.58. The van der Waals surface area contributed by atoms with E-state index in [0.29, 0.717) is 6.42 Å². The lowest BCUT2D eigenvalue weighted by molar-refractivity contribution is -0.314. The highest BCUT2D eigenvalue weighted by Crippen LogP contribution is 2.38. The van der Waals surface area contributed by atoms with Crippen LogP contribution in [0.25, 0.3) is 11.1 Å². The highest BCUT2D eigenvalue weighted by Gasteiger charge is 2.19. The van der Waals surface area contributed by atoms with E-state index in [1.165, 1.54) is 0 Å². The third-order valence-electron chi connectivity index (χ3n) is 3.73. The van der Waals surface area contributed by atoms with Crippen molar-refractivity contribution >= 4 is 33.6 Å². The maximum atomic E-state index is 10.9. The van der Waals surface area contributed by atoms with Gasteiger partial charge in [-0.25, -0.2) is 8.42 Å². The van der Waals surface area contributed by atoms with E-state index in [0.717, 1.165) is 21.2 Å². The average Bonchev–Trinajstić information content (AvgIpc) is 2.50. The zero-order valence-corrected chi connectivity index (χ0v) is 16.3. The van der Waals surface area contributed by atoms with Gasteiger partial charge in [-0.15, -0.1) is 0 Å². The molecular weight excluding hydrogens is 431 g/mol. The normalized spacial score (nSPS) is 13.6. The number of benzene rings is 2.